The molecule has 3 aliphatic rings. The van der Waals surface area contributed by atoms with Gasteiger partial charge in [-0.15, -0.1) is 0 Å². The Bertz CT molecular complexity index is 860. The zero-order valence-corrected chi connectivity index (χ0v) is 20.9. The number of fused-ring (bicyclic) bond motifs is 1. The first-order chi connectivity index (χ1) is 16.5. The van der Waals surface area contributed by atoms with Gasteiger partial charge in [0.1, 0.15) is 0 Å². The van der Waals surface area contributed by atoms with Crippen molar-refractivity contribution < 1.29 is 41.7 Å². The molecule has 0 saturated heterocycles. The number of allylic oxidation sites excluding steroid dienone is 3. The van der Waals surface area contributed by atoms with Crippen LogP contribution in [0.2, 0.25) is 0 Å². The number of aliphatic hydroxyl groups is 3. The summed E-state index contributed by atoms with van der Waals surface area (Å²) in [5.74, 6) is 0.355. The van der Waals surface area contributed by atoms with E-state index in [2.05, 4.69) is 19.6 Å². The van der Waals surface area contributed by atoms with E-state index in [0.717, 1.165) is 37.7 Å². The number of rotatable bonds is 6. The predicted octanol–water partition coefficient (Wildman–Crippen LogP) is 6.79. The summed E-state index contributed by atoms with van der Waals surface area (Å²) in [6, 6.07) is 0. The van der Waals surface area contributed by atoms with Crippen LogP contribution in [0.1, 0.15) is 78.1 Å². The Labute approximate surface area is 209 Å². The Balaban J connectivity index is 1.69. The Morgan fingerprint density at radius 2 is 1.72 bits per heavy atom. The molecule has 0 amide bonds. The third kappa shape index (κ3) is 5.58. The van der Waals surface area contributed by atoms with E-state index in [0.29, 0.717) is 12.0 Å². The largest absolute Gasteiger partial charge is 0.426 e. The zero-order chi connectivity index (χ0) is 27.1. The number of hydrogen-bond acceptors (Lipinski definition) is 3. The molecule has 0 heterocycles. The van der Waals surface area contributed by atoms with E-state index in [4.69, 9.17) is 0 Å². The van der Waals surface area contributed by atoms with Crippen LogP contribution in [0.4, 0.5) is 26.3 Å². The van der Waals surface area contributed by atoms with Crippen molar-refractivity contribution in [1.82, 2.24) is 0 Å². The highest BCUT2D eigenvalue weighted by molar-refractivity contribution is 5.38. The topological polar surface area (TPSA) is 60.7 Å². The van der Waals surface area contributed by atoms with Crippen molar-refractivity contribution in [2.24, 2.45) is 23.2 Å². The maximum atomic E-state index is 13.0. The molecule has 3 unspecified atom stereocenters. The van der Waals surface area contributed by atoms with E-state index in [1.165, 1.54) is 5.57 Å². The second-order valence-corrected chi connectivity index (χ2v) is 11.4. The minimum absolute atomic E-state index is 0.0770. The van der Waals surface area contributed by atoms with Gasteiger partial charge in [-0.25, -0.2) is 0 Å². The quantitative estimate of drug-likeness (QED) is 0.336. The first-order valence-electron chi connectivity index (χ1n) is 12.8. The maximum Gasteiger partial charge on any atom is 0.426 e. The monoisotopic (exact) mass is 524 g/mol. The van der Waals surface area contributed by atoms with Crippen molar-refractivity contribution in [3.63, 3.8) is 0 Å². The van der Waals surface area contributed by atoms with Crippen LogP contribution < -0.4 is 0 Å². The Hall–Kier alpha value is -1.32. The van der Waals surface area contributed by atoms with Gasteiger partial charge in [-0.1, -0.05) is 44.6 Å². The number of hydrogen-bond donors (Lipinski definition) is 3. The molecule has 0 aromatic rings. The summed E-state index contributed by atoms with van der Waals surface area (Å²) in [5.41, 5.74) is -2.08. The highest BCUT2D eigenvalue weighted by atomic mass is 19.4. The van der Waals surface area contributed by atoms with Gasteiger partial charge in [0.05, 0.1) is 12.2 Å². The van der Waals surface area contributed by atoms with Crippen molar-refractivity contribution in [2.75, 3.05) is 0 Å². The van der Waals surface area contributed by atoms with Gasteiger partial charge in [0.2, 0.25) is 0 Å². The average molecular weight is 525 g/mol. The smallest absolute Gasteiger partial charge is 0.393 e. The van der Waals surface area contributed by atoms with Gasteiger partial charge < -0.3 is 15.3 Å². The Kier molecular flexibility index (Phi) is 8.48. The van der Waals surface area contributed by atoms with E-state index in [9.17, 15) is 41.7 Å². The van der Waals surface area contributed by atoms with Crippen LogP contribution in [-0.4, -0.2) is 45.5 Å². The van der Waals surface area contributed by atoms with Crippen LogP contribution in [0, 0.1) is 23.2 Å². The summed E-state index contributed by atoms with van der Waals surface area (Å²) in [6.07, 6.45) is -5.24. The number of aliphatic hydroxyl groups excluding tert-OH is 2. The highest BCUT2D eigenvalue weighted by Crippen LogP contribution is 2.60. The van der Waals surface area contributed by atoms with Crippen LogP contribution in [-0.2, 0) is 0 Å². The minimum atomic E-state index is -5.77. The van der Waals surface area contributed by atoms with Crippen LogP contribution in [0.3, 0.4) is 0 Å². The lowest BCUT2D eigenvalue weighted by Gasteiger charge is -2.44. The van der Waals surface area contributed by atoms with Gasteiger partial charge in [0, 0.05) is 6.42 Å². The fourth-order valence-electron chi connectivity index (χ4n) is 7.00. The second kappa shape index (κ2) is 10.4. The van der Waals surface area contributed by atoms with Crippen molar-refractivity contribution in [3.8, 4) is 0 Å². The van der Waals surface area contributed by atoms with E-state index < -0.39 is 36.6 Å². The van der Waals surface area contributed by atoms with Crippen LogP contribution >= 0.6 is 0 Å². The third-order valence-corrected chi connectivity index (χ3v) is 9.12. The van der Waals surface area contributed by atoms with E-state index in [1.54, 1.807) is 0 Å². The van der Waals surface area contributed by atoms with Gasteiger partial charge in [-0.3, -0.25) is 0 Å². The molecule has 3 fully saturated rings. The lowest BCUT2D eigenvalue weighted by atomic mass is 9.60. The number of alkyl halides is 6. The summed E-state index contributed by atoms with van der Waals surface area (Å²) < 4.78 is 78.1. The van der Waals surface area contributed by atoms with E-state index in [1.807, 2.05) is 13.0 Å². The molecule has 3 aliphatic carbocycles. The van der Waals surface area contributed by atoms with Crippen molar-refractivity contribution in [1.29, 1.82) is 0 Å². The fourth-order valence-corrected chi connectivity index (χ4v) is 7.00. The SMILES string of the molecule is C=C1/C(=C\C=C2/CCCC3(C)C2CC[C@@H]3[C@H](C)CCCC(O)(C(F)(F)F)C(F)(F)F)C[C@@H](O)CC1O. The van der Waals surface area contributed by atoms with Gasteiger partial charge in [0.15, 0.2) is 0 Å². The molecule has 0 aromatic carbocycles. The first kappa shape index (κ1) is 29.2. The van der Waals surface area contributed by atoms with Gasteiger partial charge in [-0.05, 0) is 85.7 Å². The van der Waals surface area contributed by atoms with E-state index in [-0.39, 0.29) is 42.4 Å². The lowest BCUT2D eigenvalue weighted by Crippen LogP contribution is -2.56. The summed E-state index contributed by atoms with van der Waals surface area (Å²) in [5, 5.41) is 29.5. The third-order valence-electron chi connectivity index (χ3n) is 9.12. The molecule has 0 aliphatic heterocycles. The molecule has 3 saturated carbocycles. The molecule has 9 heteroatoms. The molecular weight excluding hydrogens is 486 g/mol. The average Bonchev–Trinajstić information content (AvgIpc) is 3.11. The lowest BCUT2D eigenvalue weighted by molar-refractivity contribution is -0.370. The molecule has 6 atom stereocenters. The first-order valence-corrected chi connectivity index (χ1v) is 12.8. The molecular formula is C27H38F6O3. The van der Waals surface area contributed by atoms with Crippen LogP contribution in [0.25, 0.3) is 0 Å². The maximum absolute atomic E-state index is 13.0. The van der Waals surface area contributed by atoms with Crippen molar-refractivity contribution in [3.05, 3.63) is 35.5 Å². The van der Waals surface area contributed by atoms with E-state index >= 15 is 0 Å². The fraction of sp³-hybridized carbons (Fsp3) is 0.778. The van der Waals surface area contributed by atoms with Crippen LogP contribution in [0.15, 0.2) is 35.5 Å². The molecule has 206 valence electrons. The Morgan fingerprint density at radius 3 is 2.33 bits per heavy atom. The molecule has 36 heavy (non-hydrogen) atoms. The number of halogens is 6. The molecule has 3 nitrogen and oxygen atoms in total. The molecule has 0 bridgehead atoms. The summed E-state index contributed by atoms with van der Waals surface area (Å²) in [6.45, 7) is 8.03. The van der Waals surface area contributed by atoms with Crippen LogP contribution in [0.5, 0.6) is 0 Å². The Morgan fingerprint density at radius 1 is 1.08 bits per heavy atom. The van der Waals surface area contributed by atoms with Gasteiger partial charge in [0.25, 0.3) is 5.60 Å². The van der Waals surface area contributed by atoms with Gasteiger partial charge >= 0.3 is 12.4 Å². The molecule has 0 aromatic heterocycles. The normalized spacial score (nSPS) is 35.4. The van der Waals surface area contributed by atoms with Crippen molar-refractivity contribution >= 4 is 0 Å². The van der Waals surface area contributed by atoms with Gasteiger partial charge in [-0.2, -0.15) is 26.3 Å². The zero-order valence-electron chi connectivity index (χ0n) is 20.9. The molecule has 0 spiro atoms. The molecule has 3 rings (SSSR count). The molecule has 3 N–H and O–H groups in total. The summed E-state index contributed by atoms with van der Waals surface area (Å²) in [4.78, 5) is 0. The standard InChI is InChI=1S/C27H38F6O3/c1-16(6-4-13-25(36,26(28,29)30)27(31,32)33)21-10-11-22-18(7-5-12-24(21,22)3)8-9-19-14-20(34)15-23(35)17(19)2/h8-9,16,20-23,34-36H,2,4-7,10-15H2,1,3H3/b18-8+,19-9-/t16-,20-,21-,22?,23?,24?/m1/s1. The second-order valence-electron chi connectivity index (χ2n) is 11.4. The predicted molar refractivity (Wildman–Crippen MR) is 125 cm³/mol. The highest BCUT2D eigenvalue weighted by Gasteiger charge is 2.69. The molecule has 0 radical (unpaired) electrons. The summed E-state index contributed by atoms with van der Waals surface area (Å²) in [7, 11) is 0. The van der Waals surface area contributed by atoms with Crippen molar-refractivity contribution in [2.45, 2.75) is 108 Å². The summed E-state index contributed by atoms with van der Waals surface area (Å²) >= 11 is 0. The minimum Gasteiger partial charge on any atom is -0.393 e.